The Morgan fingerprint density at radius 2 is 1.71 bits per heavy atom. The van der Waals surface area contributed by atoms with E-state index in [1.165, 1.54) is 31.2 Å². The van der Waals surface area contributed by atoms with Gasteiger partial charge in [0.2, 0.25) is 5.91 Å². The highest BCUT2D eigenvalue weighted by molar-refractivity contribution is 5.78. The molecule has 1 aliphatic heterocycles. The molecule has 2 aromatic rings. The highest BCUT2D eigenvalue weighted by Gasteiger charge is 2.34. The zero-order valence-corrected chi connectivity index (χ0v) is 16.8. The Hall–Kier alpha value is -2.49. The standard InChI is InChI=1S/C24H29NO3/c1-27-21-15-19-12-13-25(23(26)14-17-8-6-7-9-17)24(18-10-4-3-5-11-18)20(19)16-22(21)28-2/h3-5,10-11,15-17,24H,6-9,12-14H2,1-2H3. The van der Waals surface area contributed by atoms with Crippen molar-refractivity contribution in [3.8, 4) is 11.5 Å². The van der Waals surface area contributed by atoms with Crippen molar-refractivity contribution in [2.75, 3.05) is 20.8 Å². The summed E-state index contributed by atoms with van der Waals surface area (Å²) in [7, 11) is 3.33. The molecule has 1 fully saturated rings. The summed E-state index contributed by atoms with van der Waals surface area (Å²) in [5.74, 6) is 2.29. The second-order valence-electron chi connectivity index (χ2n) is 7.91. The summed E-state index contributed by atoms with van der Waals surface area (Å²) in [6.07, 6.45) is 6.43. The molecule has 0 spiro atoms. The molecule has 2 aliphatic rings. The van der Waals surface area contributed by atoms with Crippen molar-refractivity contribution in [3.63, 3.8) is 0 Å². The average molecular weight is 380 g/mol. The predicted molar refractivity (Wildman–Crippen MR) is 110 cm³/mol. The first-order valence-electron chi connectivity index (χ1n) is 10.3. The van der Waals surface area contributed by atoms with E-state index in [1.807, 2.05) is 18.2 Å². The Morgan fingerprint density at radius 1 is 1.04 bits per heavy atom. The van der Waals surface area contributed by atoms with Gasteiger partial charge in [0.15, 0.2) is 11.5 Å². The van der Waals surface area contributed by atoms with Gasteiger partial charge in [-0.1, -0.05) is 43.2 Å². The number of nitrogens with zero attached hydrogens (tertiary/aromatic N) is 1. The lowest BCUT2D eigenvalue weighted by atomic mass is 9.87. The Labute approximate surface area is 167 Å². The summed E-state index contributed by atoms with van der Waals surface area (Å²) in [5, 5.41) is 0. The third-order valence-electron chi connectivity index (χ3n) is 6.25. The van der Waals surface area contributed by atoms with Gasteiger partial charge in [-0.2, -0.15) is 0 Å². The molecule has 4 nitrogen and oxygen atoms in total. The number of amides is 1. The van der Waals surface area contributed by atoms with Crippen molar-refractivity contribution in [1.29, 1.82) is 0 Å². The molecule has 0 radical (unpaired) electrons. The van der Waals surface area contributed by atoms with Gasteiger partial charge in [0.05, 0.1) is 20.3 Å². The zero-order valence-electron chi connectivity index (χ0n) is 16.8. The zero-order chi connectivity index (χ0) is 19.5. The first-order chi connectivity index (χ1) is 13.7. The predicted octanol–water partition coefficient (Wildman–Crippen LogP) is 4.76. The van der Waals surface area contributed by atoms with Crippen LogP contribution in [0.4, 0.5) is 0 Å². The van der Waals surface area contributed by atoms with Gasteiger partial charge in [0.25, 0.3) is 0 Å². The van der Waals surface area contributed by atoms with Crippen LogP contribution in [-0.2, 0) is 11.2 Å². The second kappa shape index (κ2) is 8.26. The smallest absolute Gasteiger partial charge is 0.223 e. The molecule has 0 bridgehead atoms. The molecule has 4 rings (SSSR count). The number of hydrogen-bond donors (Lipinski definition) is 0. The Bertz CT molecular complexity index is 827. The van der Waals surface area contributed by atoms with E-state index in [9.17, 15) is 4.79 Å². The lowest BCUT2D eigenvalue weighted by Crippen LogP contribution is -2.41. The molecule has 0 N–H and O–H groups in total. The van der Waals surface area contributed by atoms with E-state index >= 15 is 0 Å². The van der Waals surface area contributed by atoms with Crippen LogP contribution in [0.15, 0.2) is 42.5 Å². The maximum atomic E-state index is 13.3. The number of benzene rings is 2. The number of rotatable bonds is 5. The van der Waals surface area contributed by atoms with Gasteiger partial charge in [0.1, 0.15) is 0 Å². The minimum Gasteiger partial charge on any atom is -0.493 e. The summed E-state index contributed by atoms with van der Waals surface area (Å²) in [4.78, 5) is 15.4. The summed E-state index contributed by atoms with van der Waals surface area (Å²) in [6, 6.07) is 14.4. The van der Waals surface area contributed by atoms with E-state index in [4.69, 9.17) is 9.47 Å². The molecule has 1 amide bonds. The largest absolute Gasteiger partial charge is 0.493 e. The molecular weight excluding hydrogens is 350 g/mol. The van der Waals surface area contributed by atoms with E-state index < -0.39 is 0 Å². The van der Waals surface area contributed by atoms with Gasteiger partial charge < -0.3 is 14.4 Å². The van der Waals surface area contributed by atoms with Gasteiger partial charge in [-0.3, -0.25) is 4.79 Å². The van der Waals surface area contributed by atoms with Crippen LogP contribution < -0.4 is 9.47 Å². The lowest BCUT2D eigenvalue weighted by Gasteiger charge is -2.38. The van der Waals surface area contributed by atoms with Crippen LogP contribution in [-0.4, -0.2) is 31.6 Å². The summed E-state index contributed by atoms with van der Waals surface area (Å²) in [6.45, 7) is 0.744. The van der Waals surface area contributed by atoms with Gasteiger partial charge >= 0.3 is 0 Å². The van der Waals surface area contributed by atoms with Crippen molar-refractivity contribution in [2.24, 2.45) is 5.92 Å². The normalized spacial score (nSPS) is 19.4. The number of carbonyl (C=O) groups is 1. The number of methoxy groups -OCH3 is 2. The Morgan fingerprint density at radius 3 is 2.39 bits per heavy atom. The van der Waals surface area contributed by atoms with Crippen LogP contribution in [0.5, 0.6) is 11.5 Å². The van der Waals surface area contributed by atoms with Crippen molar-refractivity contribution in [3.05, 3.63) is 59.2 Å². The highest BCUT2D eigenvalue weighted by atomic mass is 16.5. The summed E-state index contributed by atoms with van der Waals surface area (Å²) < 4.78 is 11.1. The quantitative estimate of drug-likeness (QED) is 0.752. The van der Waals surface area contributed by atoms with Gasteiger partial charge in [0, 0.05) is 13.0 Å². The van der Waals surface area contributed by atoms with Crippen LogP contribution in [0.2, 0.25) is 0 Å². The molecule has 148 valence electrons. The fourth-order valence-corrected chi connectivity index (χ4v) is 4.79. The minimum absolute atomic E-state index is 0.0707. The molecule has 1 heterocycles. The summed E-state index contributed by atoms with van der Waals surface area (Å²) in [5.41, 5.74) is 3.53. The van der Waals surface area contributed by atoms with Crippen molar-refractivity contribution < 1.29 is 14.3 Å². The van der Waals surface area contributed by atoms with Crippen molar-refractivity contribution >= 4 is 5.91 Å². The number of ether oxygens (including phenoxy) is 2. The number of fused-ring (bicyclic) bond motifs is 1. The van der Waals surface area contributed by atoms with E-state index in [0.29, 0.717) is 18.1 Å². The van der Waals surface area contributed by atoms with E-state index in [-0.39, 0.29) is 11.9 Å². The van der Waals surface area contributed by atoms with Crippen LogP contribution >= 0.6 is 0 Å². The second-order valence-corrected chi connectivity index (χ2v) is 7.91. The van der Waals surface area contributed by atoms with E-state index in [0.717, 1.165) is 29.8 Å². The van der Waals surface area contributed by atoms with Crippen LogP contribution in [0, 0.1) is 5.92 Å². The van der Waals surface area contributed by atoms with Gasteiger partial charge in [-0.05, 0) is 54.0 Å². The maximum absolute atomic E-state index is 13.3. The minimum atomic E-state index is -0.0707. The number of carbonyl (C=O) groups excluding carboxylic acids is 1. The van der Waals surface area contributed by atoms with Crippen molar-refractivity contribution in [1.82, 2.24) is 4.90 Å². The molecule has 1 unspecified atom stereocenters. The van der Waals surface area contributed by atoms with Crippen molar-refractivity contribution in [2.45, 2.75) is 44.6 Å². The first-order valence-corrected chi connectivity index (χ1v) is 10.3. The van der Waals surface area contributed by atoms with E-state index in [1.54, 1.807) is 14.2 Å². The molecule has 1 saturated carbocycles. The van der Waals surface area contributed by atoms with Crippen LogP contribution in [0.1, 0.15) is 54.8 Å². The monoisotopic (exact) mass is 379 g/mol. The number of hydrogen-bond acceptors (Lipinski definition) is 3. The molecule has 1 aliphatic carbocycles. The molecule has 0 saturated heterocycles. The third-order valence-corrected chi connectivity index (χ3v) is 6.25. The highest BCUT2D eigenvalue weighted by Crippen LogP contribution is 2.41. The molecule has 1 atom stereocenters. The maximum Gasteiger partial charge on any atom is 0.223 e. The Kier molecular flexibility index (Phi) is 5.56. The van der Waals surface area contributed by atoms with Gasteiger partial charge in [-0.25, -0.2) is 0 Å². The SMILES string of the molecule is COc1cc2c(cc1OC)C(c1ccccc1)N(C(=O)CC1CCCC1)CC2. The molecule has 4 heteroatoms. The van der Waals surface area contributed by atoms with Crippen LogP contribution in [0.3, 0.4) is 0 Å². The summed E-state index contributed by atoms with van der Waals surface area (Å²) >= 11 is 0. The topological polar surface area (TPSA) is 38.8 Å². The fourth-order valence-electron chi connectivity index (χ4n) is 4.79. The Balaban J connectivity index is 1.73. The third kappa shape index (κ3) is 3.60. The molecule has 2 aromatic carbocycles. The lowest BCUT2D eigenvalue weighted by molar-refractivity contribution is -0.134. The molecular formula is C24H29NO3. The molecule has 28 heavy (non-hydrogen) atoms. The first kappa shape index (κ1) is 18.9. The molecule has 0 aromatic heterocycles. The fraction of sp³-hybridized carbons (Fsp3) is 0.458. The van der Waals surface area contributed by atoms with E-state index in [2.05, 4.69) is 29.2 Å². The van der Waals surface area contributed by atoms with Gasteiger partial charge in [-0.15, -0.1) is 0 Å². The van der Waals surface area contributed by atoms with Crippen LogP contribution in [0.25, 0.3) is 0 Å². The average Bonchev–Trinajstić information content (AvgIpc) is 3.25.